The van der Waals surface area contributed by atoms with Crippen LogP contribution in [-0.2, 0) is 0 Å². The van der Waals surface area contributed by atoms with Gasteiger partial charge in [0.15, 0.2) is 0 Å². The number of aromatic nitrogens is 3. The highest BCUT2D eigenvalue weighted by atomic mass is 16.2. The molecule has 5 heteroatoms. The second-order valence-electron chi connectivity index (χ2n) is 5.93. The van der Waals surface area contributed by atoms with Crippen LogP contribution >= 0.6 is 0 Å². The molecule has 2 aromatic heterocycles. The highest BCUT2D eigenvalue weighted by Crippen LogP contribution is 2.41. The predicted octanol–water partition coefficient (Wildman–Crippen LogP) is 3.14. The largest absolute Gasteiger partial charge is 0.289 e. The third-order valence-electron chi connectivity index (χ3n) is 4.76. The van der Waals surface area contributed by atoms with E-state index in [0.29, 0.717) is 5.56 Å². The number of rotatable bonds is 1. The van der Waals surface area contributed by atoms with Crippen LogP contribution in [0.3, 0.4) is 0 Å². The molecule has 5 rings (SSSR count). The summed E-state index contributed by atoms with van der Waals surface area (Å²) in [6.45, 7) is 0. The van der Waals surface area contributed by atoms with E-state index < -0.39 is 0 Å². The van der Waals surface area contributed by atoms with Crippen molar-refractivity contribution in [1.29, 1.82) is 0 Å². The van der Waals surface area contributed by atoms with Crippen molar-refractivity contribution in [3.05, 3.63) is 42.1 Å². The normalized spacial score (nSPS) is 17.3. The lowest BCUT2D eigenvalue weighted by Gasteiger charge is -2.36. The Hall–Kier alpha value is -2.69. The molecule has 1 N–H and O–H groups in total. The zero-order valence-corrected chi connectivity index (χ0v) is 11.9. The number of nitrogens with zero attached hydrogens (tertiary/aromatic N) is 3. The number of anilines is 1. The van der Waals surface area contributed by atoms with Gasteiger partial charge in [0.05, 0.1) is 10.9 Å². The highest BCUT2D eigenvalue weighted by molar-refractivity contribution is 6.18. The smallest absolute Gasteiger partial charge is 0.260 e. The number of hydrogen-bond donors (Lipinski definition) is 1. The molecule has 1 saturated carbocycles. The molecule has 0 spiro atoms. The third-order valence-corrected chi connectivity index (χ3v) is 4.76. The van der Waals surface area contributed by atoms with Crippen molar-refractivity contribution in [2.75, 3.05) is 4.90 Å². The molecule has 0 unspecified atom stereocenters. The van der Waals surface area contributed by atoms with Crippen molar-refractivity contribution in [2.45, 2.75) is 25.3 Å². The van der Waals surface area contributed by atoms with Crippen LogP contribution in [0.1, 0.15) is 29.6 Å². The van der Waals surface area contributed by atoms with Gasteiger partial charge in [0.2, 0.25) is 0 Å². The van der Waals surface area contributed by atoms with Crippen LogP contribution in [0.4, 0.5) is 5.82 Å². The summed E-state index contributed by atoms with van der Waals surface area (Å²) in [5, 5.41) is 8.48. The second-order valence-corrected chi connectivity index (χ2v) is 5.93. The molecule has 2 aliphatic rings. The standard InChI is InChI=1S/C17H14N4O/c22-17-12-7-2-1-6-11(12)15-14-13(19-20-15)8-9-18-16(14)21(17)10-4-3-5-10/h1-2,6-10H,3-5H2,(H,19,20). The molecule has 0 atom stereocenters. The fourth-order valence-electron chi connectivity index (χ4n) is 3.41. The molecule has 5 nitrogen and oxygen atoms in total. The Morgan fingerprint density at radius 2 is 1.95 bits per heavy atom. The van der Waals surface area contributed by atoms with Crippen molar-refractivity contribution in [3.63, 3.8) is 0 Å². The van der Waals surface area contributed by atoms with Gasteiger partial charge >= 0.3 is 0 Å². The van der Waals surface area contributed by atoms with E-state index in [0.717, 1.165) is 40.8 Å². The van der Waals surface area contributed by atoms with Gasteiger partial charge in [-0.1, -0.05) is 18.2 Å². The zero-order valence-electron chi connectivity index (χ0n) is 11.9. The molecule has 1 aliphatic heterocycles. The Bertz CT molecular complexity index is 910. The van der Waals surface area contributed by atoms with Crippen LogP contribution in [0.2, 0.25) is 0 Å². The van der Waals surface area contributed by atoms with E-state index >= 15 is 0 Å². The predicted molar refractivity (Wildman–Crippen MR) is 83.8 cm³/mol. The number of fused-ring (bicyclic) bond motifs is 2. The van der Waals surface area contributed by atoms with Crippen LogP contribution < -0.4 is 4.90 Å². The van der Waals surface area contributed by atoms with Gasteiger partial charge in [0.25, 0.3) is 5.91 Å². The lowest BCUT2D eigenvalue weighted by Crippen LogP contribution is -2.44. The molecule has 1 amide bonds. The molecule has 0 bridgehead atoms. The van der Waals surface area contributed by atoms with Crippen LogP contribution in [0.15, 0.2) is 36.5 Å². The molecular weight excluding hydrogens is 276 g/mol. The quantitative estimate of drug-likeness (QED) is 0.749. The highest BCUT2D eigenvalue weighted by Gasteiger charge is 2.37. The first-order valence-electron chi connectivity index (χ1n) is 7.60. The van der Waals surface area contributed by atoms with Crippen molar-refractivity contribution in [1.82, 2.24) is 15.2 Å². The van der Waals surface area contributed by atoms with Gasteiger partial charge in [0, 0.05) is 23.4 Å². The molecule has 22 heavy (non-hydrogen) atoms. The Labute approximate surface area is 127 Å². The van der Waals surface area contributed by atoms with E-state index in [4.69, 9.17) is 0 Å². The minimum atomic E-state index is 0.0401. The summed E-state index contributed by atoms with van der Waals surface area (Å²) in [6, 6.07) is 9.86. The Kier molecular flexibility index (Phi) is 2.25. The molecular formula is C17H14N4O. The number of H-pyrrole nitrogens is 1. The van der Waals surface area contributed by atoms with Gasteiger partial charge in [-0.3, -0.25) is 14.8 Å². The topological polar surface area (TPSA) is 61.9 Å². The van der Waals surface area contributed by atoms with Gasteiger partial charge in [-0.2, -0.15) is 5.10 Å². The van der Waals surface area contributed by atoms with Crippen LogP contribution in [0, 0.1) is 0 Å². The molecule has 0 saturated heterocycles. The first kappa shape index (κ1) is 11.9. The maximum atomic E-state index is 13.1. The summed E-state index contributed by atoms with van der Waals surface area (Å²) in [5.74, 6) is 0.783. The summed E-state index contributed by atoms with van der Waals surface area (Å²) >= 11 is 0. The van der Waals surface area contributed by atoms with Crippen molar-refractivity contribution in [3.8, 4) is 11.3 Å². The number of carbonyl (C=O) groups is 1. The number of aromatic amines is 1. The average Bonchev–Trinajstić information content (AvgIpc) is 2.90. The number of nitrogens with one attached hydrogen (secondary N) is 1. The average molecular weight is 290 g/mol. The molecule has 1 fully saturated rings. The maximum absolute atomic E-state index is 13.1. The van der Waals surface area contributed by atoms with E-state index in [2.05, 4.69) is 15.2 Å². The second kappa shape index (κ2) is 4.16. The molecule has 1 aliphatic carbocycles. The SMILES string of the molecule is O=C1c2ccccc2-c2n[nH]c3ccnc(c23)N1C1CCC1. The van der Waals surface area contributed by atoms with Crippen molar-refractivity contribution in [2.24, 2.45) is 0 Å². The van der Waals surface area contributed by atoms with Crippen LogP contribution in [0.25, 0.3) is 22.2 Å². The van der Waals surface area contributed by atoms with Crippen LogP contribution in [-0.4, -0.2) is 27.1 Å². The number of carbonyl (C=O) groups excluding carboxylic acids is 1. The molecule has 1 aromatic carbocycles. The van der Waals surface area contributed by atoms with Gasteiger partial charge in [0.1, 0.15) is 11.5 Å². The summed E-state index contributed by atoms with van der Waals surface area (Å²) in [4.78, 5) is 19.5. The Balaban J connectivity index is 1.90. The summed E-state index contributed by atoms with van der Waals surface area (Å²) in [7, 11) is 0. The van der Waals surface area contributed by atoms with E-state index in [1.165, 1.54) is 6.42 Å². The third kappa shape index (κ3) is 1.40. The monoisotopic (exact) mass is 290 g/mol. The fourth-order valence-corrected chi connectivity index (χ4v) is 3.41. The first-order valence-corrected chi connectivity index (χ1v) is 7.60. The first-order chi connectivity index (χ1) is 10.8. The van der Waals surface area contributed by atoms with E-state index in [9.17, 15) is 4.79 Å². The van der Waals surface area contributed by atoms with Gasteiger partial charge < -0.3 is 0 Å². The van der Waals surface area contributed by atoms with Crippen LogP contribution in [0.5, 0.6) is 0 Å². The minimum Gasteiger partial charge on any atom is -0.289 e. The lowest BCUT2D eigenvalue weighted by molar-refractivity contribution is 0.0964. The lowest BCUT2D eigenvalue weighted by atomic mass is 9.91. The van der Waals surface area contributed by atoms with Gasteiger partial charge in [-0.25, -0.2) is 4.98 Å². The van der Waals surface area contributed by atoms with E-state index in [1.54, 1.807) is 6.20 Å². The molecule has 108 valence electrons. The number of pyridine rings is 1. The number of hydrogen-bond acceptors (Lipinski definition) is 3. The maximum Gasteiger partial charge on any atom is 0.260 e. The van der Waals surface area contributed by atoms with E-state index in [1.807, 2.05) is 35.2 Å². The molecule has 0 radical (unpaired) electrons. The zero-order chi connectivity index (χ0) is 14.7. The van der Waals surface area contributed by atoms with E-state index in [-0.39, 0.29) is 11.9 Å². The number of amides is 1. The van der Waals surface area contributed by atoms with Gasteiger partial charge in [-0.05, 0) is 31.4 Å². The van der Waals surface area contributed by atoms with Crippen molar-refractivity contribution < 1.29 is 4.79 Å². The Morgan fingerprint density at radius 1 is 1.14 bits per heavy atom. The molecule has 3 aromatic rings. The summed E-state index contributed by atoms with van der Waals surface area (Å²) in [6.07, 6.45) is 5.00. The molecule has 3 heterocycles. The van der Waals surface area contributed by atoms with Gasteiger partial charge in [-0.15, -0.1) is 0 Å². The number of benzene rings is 1. The summed E-state index contributed by atoms with van der Waals surface area (Å²) in [5.41, 5.74) is 3.34. The summed E-state index contributed by atoms with van der Waals surface area (Å²) < 4.78 is 0. The Morgan fingerprint density at radius 3 is 2.73 bits per heavy atom. The minimum absolute atomic E-state index is 0.0401. The fraction of sp³-hybridized carbons (Fsp3) is 0.235. The van der Waals surface area contributed by atoms with Crippen molar-refractivity contribution >= 4 is 22.6 Å².